The summed E-state index contributed by atoms with van der Waals surface area (Å²) in [6, 6.07) is 15.2. The first kappa shape index (κ1) is 21.3. The number of rotatable bonds is 7. The van der Waals surface area contributed by atoms with Gasteiger partial charge in [0.05, 0.1) is 11.0 Å². The molecule has 31 heavy (non-hydrogen) atoms. The molecule has 0 atom stereocenters. The largest absolute Gasteiger partial charge is 0.485 e. The van der Waals surface area contributed by atoms with Crippen LogP contribution >= 0.6 is 34.8 Å². The summed E-state index contributed by atoms with van der Waals surface area (Å²) in [7, 11) is 0. The van der Waals surface area contributed by atoms with Gasteiger partial charge >= 0.3 is 0 Å². The number of hydrogen-bond acceptors (Lipinski definition) is 4. The van der Waals surface area contributed by atoms with Crippen LogP contribution in [0.3, 0.4) is 0 Å². The molecule has 0 unspecified atom stereocenters. The maximum atomic E-state index is 11.6. The minimum absolute atomic E-state index is 0.151. The van der Waals surface area contributed by atoms with Gasteiger partial charge in [-0.1, -0.05) is 40.9 Å². The summed E-state index contributed by atoms with van der Waals surface area (Å²) < 4.78 is 11.8. The van der Waals surface area contributed by atoms with E-state index in [1.807, 2.05) is 6.07 Å². The molecule has 0 aliphatic carbocycles. The maximum Gasteiger partial charge on any atom is 0.248 e. The molecule has 4 rings (SSSR count). The molecule has 1 amide bonds. The average molecular weight is 477 g/mol. The van der Waals surface area contributed by atoms with Gasteiger partial charge in [0, 0.05) is 26.2 Å². The van der Waals surface area contributed by atoms with Crippen molar-refractivity contribution in [2.24, 2.45) is 5.73 Å². The molecule has 9 heteroatoms. The second-order valence-corrected chi connectivity index (χ2v) is 7.96. The number of halogens is 3. The second kappa shape index (κ2) is 9.06. The van der Waals surface area contributed by atoms with E-state index in [0.29, 0.717) is 38.0 Å². The van der Waals surface area contributed by atoms with Gasteiger partial charge in [-0.15, -0.1) is 0 Å². The van der Waals surface area contributed by atoms with Crippen LogP contribution in [-0.4, -0.2) is 15.9 Å². The first-order chi connectivity index (χ1) is 14.9. The van der Waals surface area contributed by atoms with Gasteiger partial charge in [-0.25, -0.2) is 4.98 Å². The van der Waals surface area contributed by atoms with E-state index in [9.17, 15) is 4.79 Å². The molecule has 0 fully saturated rings. The highest BCUT2D eigenvalue weighted by Crippen LogP contribution is 2.31. The number of carbonyl (C=O) groups is 1. The predicted molar refractivity (Wildman–Crippen MR) is 121 cm³/mol. The minimum Gasteiger partial charge on any atom is -0.485 e. The van der Waals surface area contributed by atoms with E-state index in [2.05, 4.69) is 9.97 Å². The van der Waals surface area contributed by atoms with Crippen molar-refractivity contribution in [3.8, 4) is 11.5 Å². The Morgan fingerprint density at radius 2 is 1.65 bits per heavy atom. The number of ether oxygens (including phenoxy) is 2. The summed E-state index contributed by atoms with van der Waals surface area (Å²) in [6.45, 7) is 0.304. The quantitative estimate of drug-likeness (QED) is 0.354. The van der Waals surface area contributed by atoms with E-state index in [-0.39, 0.29) is 13.2 Å². The lowest BCUT2D eigenvalue weighted by molar-refractivity contribution is 0.0999. The third-order valence-electron chi connectivity index (χ3n) is 4.48. The lowest BCUT2D eigenvalue weighted by Gasteiger charge is -2.14. The number of hydrogen-bond donors (Lipinski definition) is 2. The van der Waals surface area contributed by atoms with Crippen molar-refractivity contribution in [2.45, 2.75) is 13.2 Å². The van der Waals surface area contributed by atoms with Gasteiger partial charge in [0.1, 0.15) is 19.0 Å². The molecular formula is C22H16Cl3N3O3. The molecule has 6 nitrogen and oxygen atoms in total. The molecule has 3 aromatic carbocycles. The van der Waals surface area contributed by atoms with Crippen molar-refractivity contribution in [2.75, 3.05) is 0 Å². The Kier molecular flexibility index (Phi) is 6.23. The molecule has 1 heterocycles. The highest BCUT2D eigenvalue weighted by Gasteiger charge is 2.13. The number of amides is 1. The van der Waals surface area contributed by atoms with Gasteiger partial charge in [0.25, 0.3) is 0 Å². The van der Waals surface area contributed by atoms with Crippen molar-refractivity contribution >= 4 is 51.7 Å². The minimum atomic E-state index is -0.574. The number of nitrogens with zero attached hydrogens (tertiary/aromatic N) is 1. The van der Waals surface area contributed by atoms with Crippen LogP contribution in [0, 0.1) is 0 Å². The first-order valence-electron chi connectivity index (χ1n) is 9.16. The summed E-state index contributed by atoms with van der Waals surface area (Å²) in [5.41, 5.74) is 8.02. The van der Waals surface area contributed by atoms with Gasteiger partial charge in [-0.05, 0) is 48.5 Å². The predicted octanol–water partition coefficient (Wildman–Crippen LogP) is 5.78. The standard InChI is InChI=1S/C22H16Cl3N3O3/c23-14-3-1-13(16(25)8-14)10-30-20-7-12(22(26)29)2-6-19(20)31-11-21-27-17-5-4-15(24)9-18(17)28-21/h1-9H,10-11H2,(H2,26,29)(H,27,28). The van der Waals surface area contributed by atoms with Gasteiger partial charge in [0.15, 0.2) is 11.5 Å². The van der Waals surface area contributed by atoms with Crippen molar-refractivity contribution in [1.82, 2.24) is 9.97 Å². The van der Waals surface area contributed by atoms with E-state index < -0.39 is 5.91 Å². The summed E-state index contributed by atoms with van der Waals surface area (Å²) in [6.07, 6.45) is 0. The van der Waals surface area contributed by atoms with E-state index in [0.717, 1.165) is 16.6 Å². The lowest BCUT2D eigenvalue weighted by atomic mass is 10.2. The number of nitrogens with one attached hydrogen (secondary N) is 1. The Hall–Kier alpha value is -2.93. The van der Waals surface area contributed by atoms with Crippen LogP contribution in [0.5, 0.6) is 11.5 Å². The molecule has 0 bridgehead atoms. The molecule has 158 valence electrons. The van der Waals surface area contributed by atoms with Crippen LogP contribution in [-0.2, 0) is 13.2 Å². The smallest absolute Gasteiger partial charge is 0.248 e. The SMILES string of the molecule is NC(=O)c1ccc(OCc2nc3ccc(Cl)cc3[nH]2)c(OCc2ccc(Cl)cc2Cl)c1. The molecular weight excluding hydrogens is 461 g/mol. The highest BCUT2D eigenvalue weighted by atomic mass is 35.5. The molecule has 0 aliphatic heterocycles. The third kappa shape index (κ3) is 5.05. The Labute approximate surface area is 192 Å². The fourth-order valence-corrected chi connectivity index (χ4v) is 3.57. The number of imidazole rings is 1. The van der Waals surface area contributed by atoms with Gasteiger partial charge in [-0.3, -0.25) is 4.79 Å². The number of nitrogens with two attached hydrogens (primary N) is 1. The Morgan fingerprint density at radius 3 is 2.42 bits per heavy atom. The fourth-order valence-electron chi connectivity index (χ4n) is 2.94. The van der Waals surface area contributed by atoms with Crippen molar-refractivity contribution in [3.63, 3.8) is 0 Å². The van der Waals surface area contributed by atoms with Crippen LogP contribution in [0.1, 0.15) is 21.7 Å². The van der Waals surface area contributed by atoms with E-state index in [1.165, 1.54) is 6.07 Å². The van der Waals surface area contributed by atoms with Gasteiger partial charge in [0.2, 0.25) is 5.91 Å². The van der Waals surface area contributed by atoms with Crippen molar-refractivity contribution in [3.05, 3.63) is 86.6 Å². The zero-order chi connectivity index (χ0) is 22.0. The molecule has 0 spiro atoms. The van der Waals surface area contributed by atoms with Crippen LogP contribution in [0.15, 0.2) is 54.6 Å². The maximum absolute atomic E-state index is 11.6. The van der Waals surface area contributed by atoms with E-state index >= 15 is 0 Å². The zero-order valence-corrected chi connectivity index (χ0v) is 18.3. The number of aromatic amines is 1. The molecule has 0 saturated carbocycles. The summed E-state index contributed by atoms with van der Waals surface area (Å²) in [4.78, 5) is 19.2. The monoisotopic (exact) mass is 475 g/mol. The first-order valence-corrected chi connectivity index (χ1v) is 10.3. The van der Waals surface area contributed by atoms with E-state index in [4.69, 9.17) is 50.0 Å². The van der Waals surface area contributed by atoms with Crippen LogP contribution in [0.25, 0.3) is 11.0 Å². The van der Waals surface area contributed by atoms with Crippen molar-refractivity contribution in [1.29, 1.82) is 0 Å². The summed E-state index contributed by atoms with van der Waals surface area (Å²) in [5.74, 6) is 0.813. The number of carbonyl (C=O) groups excluding carboxylic acids is 1. The van der Waals surface area contributed by atoms with Gasteiger partial charge < -0.3 is 20.2 Å². The molecule has 0 saturated heterocycles. The third-order valence-corrected chi connectivity index (χ3v) is 5.31. The lowest BCUT2D eigenvalue weighted by Crippen LogP contribution is -2.11. The molecule has 0 aliphatic rings. The number of benzene rings is 3. The fraction of sp³-hybridized carbons (Fsp3) is 0.0909. The van der Waals surface area contributed by atoms with Crippen LogP contribution in [0.2, 0.25) is 15.1 Å². The average Bonchev–Trinajstić information content (AvgIpc) is 3.13. The second-order valence-electron chi connectivity index (χ2n) is 6.68. The van der Waals surface area contributed by atoms with Crippen LogP contribution < -0.4 is 15.2 Å². The molecule has 4 aromatic rings. The number of fused-ring (bicyclic) bond motifs is 1. The molecule has 1 aromatic heterocycles. The number of aromatic nitrogens is 2. The van der Waals surface area contributed by atoms with Gasteiger partial charge in [-0.2, -0.15) is 0 Å². The zero-order valence-electron chi connectivity index (χ0n) is 16.0. The normalized spacial score (nSPS) is 10.9. The summed E-state index contributed by atoms with van der Waals surface area (Å²) >= 11 is 18.2. The van der Waals surface area contributed by atoms with Crippen LogP contribution in [0.4, 0.5) is 0 Å². The molecule has 3 N–H and O–H groups in total. The molecule has 0 radical (unpaired) electrons. The Balaban J connectivity index is 1.54. The number of H-pyrrole nitrogens is 1. The Bertz CT molecular complexity index is 1270. The highest BCUT2D eigenvalue weighted by molar-refractivity contribution is 6.35. The number of primary amides is 1. The van der Waals surface area contributed by atoms with Crippen molar-refractivity contribution < 1.29 is 14.3 Å². The summed E-state index contributed by atoms with van der Waals surface area (Å²) in [5, 5.41) is 1.62. The Morgan fingerprint density at radius 1 is 0.903 bits per heavy atom. The topological polar surface area (TPSA) is 90.2 Å². The van der Waals surface area contributed by atoms with E-state index in [1.54, 1.807) is 42.5 Å².